The van der Waals surface area contributed by atoms with Gasteiger partial charge in [0.1, 0.15) is 0 Å². The van der Waals surface area contributed by atoms with Crippen molar-refractivity contribution >= 4 is 0 Å². The second-order valence-corrected chi connectivity index (χ2v) is 5.07. The predicted molar refractivity (Wildman–Crippen MR) is 77.8 cm³/mol. The highest BCUT2D eigenvalue weighted by Crippen LogP contribution is 2.10. The molecule has 2 N–H and O–H groups in total. The summed E-state index contributed by atoms with van der Waals surface area (Å²) >= 11 is 0. The molecule has 0 aromatic carbocycles. The Hall–Kier alpha value is -0.120. The third-order valence-corrected chi connectivity index (χ3v) is 2.66. The van der Waals surface area contributed by atoms with Crippen LogP contribution in [0, 0.1) is 0 Å². The third-order valence-electron chi connectivity index (χ3n) is 2.66. The fourth-order valence-corrected chi connectivity index (χ4v) is 1.52. The molecule has 3 nitrogen and oxygen atoms in total. The van der Waals surface area contributed by atoms with Crippen molar-refractivity contribution in [1.82, 2.24) is 0 Å². The van der Waals surface area contributed by atoms with Crippen LogP contribution in [0.3, 0.4) is 0 Å². The topological polar surface area (TPSA) is 49.7 Å². The van der Waals surface area contributed by atoms with Gasteiger partial charge in [-0.2, -0.15) is 0 Å². The molecule has 3 heteroatoms. The number of unbranched alkanes of at least 4 members (excludes halogenated alkanes) is 2. The van der Waals surface area contributed by atoms with Crippen molar-refractivity contribution in [3.8, 4) is 0 Å². The summed E-state index contributed by atoms with van der Waals surface area (Å²) in [5.41, 5.74) is 0. The van der Waals surface area contributed by atoms with Gasteiger partial charge < -0.3 is 14.9 Å². The van der Waals surface area contributed by atoms with Crippen LogP contribution in [0.1, 0.15) is 73.1 Å². The molecule has 0 radical (unpaired) electrons. The van der Waals surface area contributed by atoms with Gasteiger partial charge in [-0.05, 0) is 33.6 Å². The van der Waals surface area contributed by atoms with Crippen molar-refractivity contribution < 1.29 is 14.9 Å². The molecule has 0 heterocycles. The van der Waals surface area contributed by atoms with Crippen LogP contribution in [0.2, 0.25) is 0 Å². The molecule has 0 rings (SSSR count). The first-order chi connectivity index (χ1) is 8.47. The van der Waals surface area contributed by atoms with Gasteiger partial charge in [0, 0.05) is 0 Å². The highest BCUT2D eigenvalue weighted by Gasteiger charge is 2.07. The molecule has 0 saturated heterocycles. The maximum atomic E-state index is 8.11. The maximum absolute atomic E-state index is 8.11. The highest BCUT2D eigenvalue weighted by atomic mass is 16.5. The van der Waals surface area contributed by atoms with E-state index < -0.39 is 6.10 Å². The Labute approximate surface area is 114 Å². The summed E-state index contributed by atoms with van der Waals surface area (Å²) in [4.78, 5) is 0. The van der Waals surface area contributed by atoms with Crippen LogP contribution in [0.25, 0.3) is 0 Å². The van der Waals surface area contributed by atoms with Crippen LogP contribution in [0.5, 0.6) is 0 Å². The van der Waals surface area contributed by atoms with Gasteiger partial charge in [0.2, 0.25) is 0 Å². The van der Waals surface area contributed by atoms with E-state index in [0.717, 1.165) is 0 Å². The molecule has 0 aromatic heterocycles. The first-order valence-electron chi connectivity index (χ1n) is 7.42. The molecule has 18 heavy (non-hydrogen) atoms. The van der Waals surface area contributed by atoms with E-state index in [1.807, 2.05) is 0 Å². The minimum absolute atomic E-state index is 0.139. The molecule has 3 atom stereocenters. The zero-order valence-corrected chi connectivity index (χ0v) is 13.0. The number of ether oxygens (including phenoxy) is 1. The molecule has 0 aliphatic heterocycles. The number of rotatable bonds is 9. The lowest BCUT2D eigenvalue weighted by atomic mass is 10.1. The van der Waals surface area contributed by atoms with Crippen LogP contribution >= 0.6 is 0 Å². The molecule has 0 saturated carbocycles. The summed E-state index contributed by atoms with van der Waals surface area (Å²) in [5.74, 6) is 0. The van der Waals surface area contributed by atoms with Gasteiger partial charge in [0.05, 0.1) is 24.9 Å². The summed E-state index contributed by atoms with van der Waals surface area (Å²) in [6, 6.07) is 0. The second-order valence-electron chi connectivity index (χ2n) is 5.07. The molecule has 0 aliphatic carbocycles. The molecule has 0 bridgehead atoms. The van der Waals surface area contributed by atoms with Gasteiger partial charge in [-0.15, -0.1) is 0 Å². The zero-order valence-electron chi connectivity index (χ0n) is 13.0. The Bertz CT molecular complexity index is 137. The van der Waals surface area contributed by atoms with Crippen LogP contribution in [-0.4, -0.2) is 35.1 Å². The lowest BCUT2D eigenvalue weighted by Gasteiger charge is -2.18. The Morgan fingerprint density at radius 2 is 1.22 bits per heavy atom. The van der Waals surface area contributed by atoms with Gasteiger partial charge >= 0.3 is 0 Å². The number of hydrogen-bond acceptors (Lipinski definition) is 3. The zero-order chi connectivity index (χ0) is 14.4. The quantitative estimate of drug-likeness (QED) is 0.668. The molecular weight excluding hydrogens is 228 g/mol. The Kier molecular flexibility index (Phi) is 16.8. The van der Waals surface area contributed by atoms with Crippen molar-refractivity contribution in [3.63, 3.8) is 0 Å². The van der Waals surface area contributed by atoms with Crippen molar-refractivity contribution in [1.29, 1.82) is 0 Å². The molecule has 112 valence electrons. The van der Waals surface area contributed by atoms with E-state index in [1.165, 1.54) is 45.4 Å². The molecule has 0 aromatic rings. The van der Waals surface area contributed by atoms with Gasteiger partial charge in [-0.25, -0.2) is 0 Å². The van der Waals surface area contributed by atoms with E-state index in [-0.39, 0.29) is 6.61 Å². The minimum Gasteiger partial charge on any atom is -0.394 e. The van der Waals surface area contributed by atoms with E-state index in [1.54, 1.807) is 0 Å². The maximum Gasteiger partial charge on any atom is 0.0742 e. The molecular formula is C15H34O3. The largest absolute Gasteiger partial charge is 0.394 e. The number of hydrogen-bond donors (Lipinski definition) is 2. The summed E-state index contributed by atoms with van der Waals surface area (Å²) in [5, 5.41) is 16.0. The van der Waals surface area contributed by atoms with Crippen LogP contribution in [0.15, 0.2) is 0 Å². The summed E-state index contributed by atoms with van der Waals surface area (Å²) in [6.07, 6.45) is 7.91. The average molecular weight is 262 g/mol. The summed E-state index contributed by atoms with van der Waals surface area (Å²) in [6.45, 7) is 10.2. The summed E-state index contributed by atoms with van der Waals surface area (Å²) < 4.78 is 5.85. The monoisotopic (exact) mass is 262 g/mol. The molecule has 0 amide bonds. The lowest BCUT2D eigenvalue weighted by molar-refractivity contribution is -0.00188. The van der Waals surface area contributed by atoms with Gasteiger partial charge in [-0.1, -0.05) is 39.5 Å². The van der Waals surface area contributed by atoms with E-state index in [2.05, 4.69) is 27.7 Å². The second kappa shape index (κ2) is 14.9. The number of aliphatic hydroxyl groups excluding tert-OH is 2. The predicted octanol–water partition coefficient (Wildman–Crippen LogP) is 3.52. The first kappa shape index (κ1) is 20.2. The van der Waals surface area contributed by atoms with E-state index in [0.29, 0.717) is 12.2 Å². The fourth-order valence-electron chi connectivity index (χ4n) is 1.52. The van der Waals surface area contributed by atoms with Crippen LogP contribution in [-0.2, 0) is 4.74 Å². The minimum atomic E-state index is -0.560. The van der Waals surface area contributed by atoms with Crippen LogP contribution < -0.4 is 0 Å². The lowest BCUT2D eigenvalue weighted by Crippen LogP contribution is -2.16. The smallest absolute Gasteiger partial charge is 0.0742 e. The summed E-state index contributed by atoms with van der Waals surface area (Å²) in [7, 11) is 0. The molecule has 0 fully saturated rings. The van der Waals surface area contributed by atoms with Crippen molar-refractivity contribution in [2.24, 2.45) is 0 Å². The fraction of sp³-hybridized carbons (Fsp3) is 1.00. The SMILES string of the molecule is CC(O)CO.CCCCC(C)OC(C)CCCC. The van der Waals surface area contributed by atoms with Crippen molar-refractivity contribution in [2.45, 2.75) is 91.5 Å². The molecule has 0 spiro atoms. The van der Waals surface area contributed by atoms with Gasteiger partial charge in [-0.3, -0.25) is 0 Å². The van der Waals surface area contributed by atoms with E-state index in [9.17, 15) is 0 Å². The highest BCUT2D eigenvalue weighted by molar-refractivity contribution is 4.56. The van der Waals surface area contributed by atoms with Crippen molar-refractivity contribution in [3.05, 3.63) is 0 Å². The first-order valence-corrected chi connectivity index (χ1v) is 7.42. The third kappa shape index (κ3) is 18.3. The Morgan fingerprint density at radius 1 is 0.889 bits per heavy atom. The van der Waals surface area contributed by atoms with Crippen molar-refractivity contribution in [2.75, 3.05) is 6.61 Å². The normalized spacial score (nSPS) is 15.5. The standard InChI is InChI=1S/C12H26O.C3H8O2/c1-5-7-9-11(3)13-12(4)10-8-6-2;1-3(5)2-4/h11-12H,5-10H2,1-4H3;3-5H,2H2,1H3. The average Bonchev–Trinajstić information content (AvgIpc) is 2.34. The molecule has 0 aliphatic rings. The Morgan fingerprint density at radius 3 is 1.44 bits per heavy atom. The van der Waals surface area contributed by atoms with E-state index in [4.69, 9.17) is 14.9 Å². The van der Waals surface area contributed by atoms with Crippen LogP contribution in [0.4, 0.5) is 0 Å². The molecule has 3 unspecified atom stereocenters. The van der Waals surface area contributed by atoms with Gasteiger partial charge in [0.25, 0.3) is 0 Å². The number of aliphatic hydroxyl groups is 2. The Balaban J connectivity index is 0. The van der Waals surface area contributed by atoms with Gasteiger partial charge in [0.15, 0.2) is 0 Å². The van der Waals surface area contributed by atoms with E-state index >= 15 is 0 Å².